The second-order valence-electron chi connectivity index (χ2n) is 9.67. The van der Waals surface area contributed by atoms with Crippen LogP contribution in [-0.4, -0.2) is 46.1 Å². The highest BCUT2D eigenvalue weighted by atomic mass is 16.2. The Labute approximate surface area is 191 Å². The lowest BCUT2D eigenvalue weighted by Gasteiger charge is -2.32. The molecule has 0 spiro atoms. The van der Waals surface area contributed by atoms with Crippen LogP contribution in [0.15, 0.2) is 24.3 Å². The van der Waals surface area contributed by atoms with Gasteiger partial charge in [0.1, 0.15) is 0 Å². The lowest BCUT2D eigenvalue weighted by molar-refractivity contribution is -0.121. The highest BCUT2D eigenvalue weighted by molar-refractivity contribution is 5.96. The Hall–Kier alpha value is -2.63. The van der Waals surface area contributed by atoms with E-state index in [9.17, 15) is 9.59 Å². The van der Waals surface area contributed by atoms with Gasteiger partial charge in [-0.3, -0.25) is 14.3 Å². The summed E-state index contributed by atoms with van der Waals surface area (Å²) in [6.07, 6.45) is 7.01. The summed E-state index contributed by atoms with van der Waals surface area (Å²) in [5.74, 6) is 1.62. The molecule has 2 aromatic rings. The van der Waals surface area contributed by atoms with Crippen LogP contribution in [0.4, 0.5) is 0 Å². The molecule has 1 aliphatic heterocycles. The number of hydrogen-bond acceptors (Lipinski definition) is 3. The number of nitrogens with one attached hydrogen (secondary N) is 1. The smallest absolute Gasteiger partial charge is 0.257 e. The molecule has 1 saturated heterocycles. The van der Waals surface area contributed by atoms with E-state index in [1.165, 1.54) is 24.0 Å². The van der Waals surface area contributed by atoms with Gasteiger partial charge in [-0.05, 0) is 75.3 Å². The Morgan fingerprint density at radius 3 is 2.25 bits per heavy atom. The summed E-state index contributed by atoms with van der Waals surface area (Å²) in [5.41, 5.74) is 5.09. The molecule has 32 heavy (non-hydrogen) atoms. The molecule has 1 N–H and O–H groups in total. The fourth-order valence-corrected chi connectivity index (χ4v) is 4.68. The monoisotopic (exact) mass is 436 g/mol. The zero-order valence-corrected chi connectivity index (χ0v) is 19.7. The van der Waals surface area contributed by atoms with E-state index in [4.69, 9.17) is 0 Å². The van der Waals surface area contributed by atoms with Gasteiger partial charge in [0.15, 0.2) is 0 Å². The van der Waals surface area contributed by atoms with E-state index in [1.807, 2.05) is 25.8 Å². The van der Waals surface area contributed by atoms with Crippen LogP contribution in [-0.2, 0) is 24.7 Å². The standard InChI is InChI=1S/C26H36N4O2/c1-18-25(19(2)29(3)28-18)26(32)30-14-12-22(13-15-30)16-21-6-4-20(5-7-21)10-11-24(31)27-17-23-8-9-23/h4-7,22-23H,8-17H2,1-3H3,(H,27,31). The maximum absolute atomic E-state index is 13.0. The maximum Gasteiger partial charge on any atom is 0.257 e. The second kappa shape index (κ2) is 9.88. The van der Waals surface area contributed by atoms with Crippen molar-refractivity contribution in [3.8, 4) is 0 Å². The lowest BCUT2D eigenvalue weighted by atomic mass is 9.89. The molecule has 2 heterocycles. The van der Waals surface area contributed by atoms with Gasteiger partial charge in [0.2, 0.25) is 5.91 Å². The first kappa shape index (κ1) is 22.6. The van der Waals surface area contributed by atoms with Crippen LogP contribution in [0.5, 0.6) is 0 Å². The van der Waals surface area contributed by atoms with Crippen molar-refractivity contribution in [3.63, 3.8) is 0 Å². The number of carbonyl (C=O) groups is 2. The zero-order valence-electron chi connectivity index (χ0n) is 19.7. The molecule has 1 saturated carbocycles. The summed E-state index contributed by atoms with van der Waals surface area (Å²) in [4.78, 5) is 26.9. The molecule has 2 aliphatic rings. The van der Waals surface area contributed by atoms with Crippen molar-refractivity contribution in [1.82, 2.24) is 20.0 Å². The molecule has 6 nitrogen and oxygen atoms in total. The lowest BCUT2D eigenvalue weighted by Crippen LogP contribution is -2.39. The Kier molecular flexibility index (Phi) is 6.97. The summed E-state index contributed by atoms with van der Waals surface area (Å²) >= 11 is 0. The second-order valence-corrected chi connectivity index (χ2v) is 9.67. The van der Waals surface area contributed by atoms with E-state index in [-0.39, 0.29) is 11.8 Å². The van der Waals surface area contributed by atoms with Crippen LogP contribution in [0, 0.1) is 25.7 Å². The van der Waals surface area contributed by atoms with Crippen molar-refractivity contribution in [2.24, 2.45) is 18.9 Å². The Morgan fingerprint density at radius 2 is 1.66 bits per heavy atom. The first-order chi connectivity index (χ1) is 15.4. The van der Waals surface area contributed by atoms with Gasteiger partial charge < -0.3 is 10.2 Å². The normalized spacial score (nSPS) is 16.9. The highest BCUT2D eigenvalue weighted by Gasteiger charge is 2.27. The number of aromatic nitrogens is 2. The average molecular weight is 437 g/mol. The van der Waals surface area contributed by atoms with Gasteiger partial charge in [0.05, 0.1) is 11.3 Å². The number of piperidine rings is 1. The van der Waals surface area contributed by atoms with Gasteiger partial charge in [0, 0.05) is 38.8 Å². The number of amides is 2. The highest BCUT2D eigenvalue weighted by Crippen LogP contribution is 2.27. The molecule has 6 heteroatoms. The molecule has 1 aromatic heterocycles. The third-order valence-corrected chi connectivity index (χ3v) is 7.10. The molecule has 2 fully saturated rings. The number of aryl methyl sites for hydroxylation is 3. The van der Waals surface area contributed by atoms with Crippen molar-refractivity contribution < 1.29 is 9.59 Å². The molecular weight excluding hydrogens is 400 g/mol. The summed E-state index contributed by atoms with van der Waals surface area (Å²) in [6, 6.07) is 8.74. The molecular formula is C26H36N4O2. The summed E-state index contributed by atoms with van der Waals surface area (Å²) in [5, 5.41) is 7.43. The number of carbonyl (C=O) groups excluding carboxylic acids is 2. The van der Waals surface area contributed by atoms with Crippen molar-refractivity contribution in [2.75, 3.05) is 19.6 Å². The summed E-state index contributed by atoms with van der Waals surface area (Å²) in [7, 11) is 1.89. The average Bonchev–Trinajstić information content (AvgIpc) is 3.58. The minimum absolute atomic E-state index is 0.122. The molecule has 172 valence electrons. The quantitative estimate of drug-likeness (QED) is 0.688. The van der Waals surface area contributed by atoms with Gasteiger partial charge in [-0.1, -0.05) is 24.3 Å². The predicted octanol–water partition coefficient (Wildman–Crippen LogP) is 3.59. The summed E-state index contributed by atoms with van der Waals surface area (Å²) < 4.78 is 1.79. The molecule has 2 amide bonds. The van der Waals surface area contributed by atoms with Crippen LogP contribution in [0.1, 0.15) is 65.0 Å². The van der Waals surface area contributed by atoms with Crippen LogP contribution in [0.2, 0.25) is 0 Å². The minimum Gasteiger partial charge on any atom is -0.356 e. The summed E-state index contributed by atoms with van der Waals surface area (Å²) in [6.45, 7) is 6.35. The molecule has 1 aromatic carbocycles. The topological polar surface area (TPSA) is 67.2 Å². The zero-order chi connectivity index (χ0) is 22.7. The molecule has 0 atom stereocenters. The first-order valence-electron chi connectivity index (χ1n) is 12.0. The molecule has 4 rings (SSSR count). The predicted molar refractivity (Wildman–Crippen MR) is 126 cm³/mol. The number of nitrogens with zero attached hydrogens (tertiary/aromatic N) is 3. The largest absolute Gasteiger partial charge is 0.356 e. The SMILES string of the molecule is Cc1nn(C)c(C)c1C(=O)N1CCC(Cc2ccc(CCC(=O)NCC3CC3)cc2)CC1. The van der Waals surface area contributed by atoms with E-state index in [1.54, 1.807) is 4.68 Å². The molecule has 1 aliphatic carbocycles. The van der Waals surface area contributed by atoms with E-state index in [0.29, 0.717) is 12.3 Å². The van der Waals surface area contributed by atoms with Gasteiger partial charge >= 0.3 is 0 Å². The fourth-order valence-electron chi connectivity index (χ4n) is 4.68. The number of likely N-dealkylation sites (tertiary alicyclic amines) is 1. The van der Waals surface area contributed by atoms with Gasteiger partial charge in [-0.25, -0.2) is 0 Å². The Morgan fingerprint density at radius 1 is 1.00 bits per heavy atom. The van der Waals surface area contributed by atoms with Crippen LogP contribution >= 0.6 is 0 Å². The van der Waals surface area contributed by atoms with E-state index >= 15 is 0 Å². The van der Waals surface area contributed by atoms with Crippen LogP contribution < -0.4 is 5.32 Å². The number of benzene rings is 1. The van der Waals surface area contributed by atoms with Gasteiger partial charge in [0.25, 0.3) is 5.91 Å². The molecule has 0 unspecified atom stereocenters. The van der Waals surface area contributed by atoms with Crippen LogP contribution in [0.3, 0.4) is 0 Å². The number of hydrogen-bond donors (Lipinski definition) is 1. The molecule has 0 bridgehead atoms. The van der Waals surface area contributed by atoms with E-state index in [2.05, 4.69) is 34.7 Å². The van der Waals surface area contributed by atoms with Crippen molar-refractivity contribution >= 4 is 11.8 Å². The third kappa shape index (κ3) is 5.59. The maximum atomic E-state index is 13.0. The Balaban J connectivity index is 1.21. The van der Waals surface area contributed by atoms with Crippen molar-refractivity contribution in [1.29, 1.82) is 0 Å². The van der Waals surface area contributed by atoms with E-state index < -0.39 is 0 Å². The fraction of sp³-hybridized carbons (Fsp3) is 0.577. The minimum atomic E-state index is 0.122. The van der Waals surface area contributed by atoms with Crippen molar-refractivity contribution in [2.45, 2.75) is 58.8 Å². The van der Waals surface area contributed by atoms with Gasteiger partial charge in [-0.2, -0.15) is 5.10 Å². The van der Waals surface area contributed by atoms with Crippen LogP contribution in [0.25, 0.3) is 0 Å². The first-order valence-corrected chi connectivity index (χ1v) is 12.0. The number of rotatable bonds is 8. The van der Waals surface area contributed by atoms with Crippen molar-refractivity contribution in [3.05, 3.63) is 52.3 Å². The molecule has 0 radical (unpaired) electrons. The Bertz CT molecular complexity index is 951. The third-order valence-electron chi connectivity index (χ3n) is 7.10. The van der Waals surface area contributed by atoms with Gasteiger partial charge in [-0.15, -0.1) is 0 Å². The van der Waals surface area contributed by atoms with E-state index in [0.717, 1.165) is 68.2 Å².